The van der Waals surface area contributed by atoms with Crippen molar-refractivity contribution in [2.45, 2.75) is 18.3 Å². The molecule has 7 heteroatoms. The smallest absolute Gasteiger partial charge is 0.239 e. The Morgan fingerprint density at radius 3 is 2.62 bits per heavy atom. The zero-order valence-corrected chi connectivity index (χ0v) is 14.7. The molecule has 1 atom stereocenters. The highest BCUT2D eigenvalue weighted by atomic mass is 35.5. The summed E-state index contributed by atoms with van der Waals surface area (Å²) in [5, 5.41) is 10.8. The topological polar surface area (TPSA) is 66.8 Å². The molecule has 24 heavy (non-hydrogen) atoms. The van der Waals surface area contributed by atoms with Gasteiger partial charge in [0.2, 0.25) is 10.0 Å². The van der Waals surface area contributed by atoms with Crippen LogP contribution in [0.3, 0.4) is 0 Å². The number of aliphatic hydroxyl groups excluding tert-OH is 1. The van der Waals surface area contributed by atoms with Gasteiger partial charge in [0, 0.05) is 17.1 Å². The number of benzene rings is 2. The number of fused-ring (bicyclic) bond motifs is 1. The molecule has 2 aromatic carbocycles. The summed E-state index contributed by atoms with van der Waals surface area (Å²) in [4.78, 5) is 0. The van der Waals surface area contributed by atoms with Gasteiger partial charge in [0.15, 0.2) is 0 Å². The normalized spacial score (nSPS) is 17.5. The van der Waals surface area contributed by atoms with Crippen LogP contribution >= 0.6 is 11.6 Å². The summed E-state index contributed by atoms with van der Waals surface area (Å²) >= 11 is 5.84. The molecule has 2 aromatic rings. The van der Waals surface area contributed by atoms with Crippen LogP contribution in [0, 0.1) is 0 Å². The number of hydrogen-bond acceptors (Lipinski definition) is 4. The molecule has 1 heterocycles. The Morgan fingerprint density at radius 2 is 1.96 bits per heavy atom. The van der Waals surface area contributed by atoms with Crippen LogP contribution in [0.15, 0.2) is 42.5 Å². The van der Waals surface area contributed by atoms with Gasteiger partial charge in [0.25, 0.3) is 0 Å². The number of sulfonamides is 1. The van der Waals surface area contributed by atoms with E-state index in [0.717, 1.165) is 0 Å². The van der Waals surface area contributed by atoms with Gasteiger partial charge in [-0.2, -0.15) is 0 Å². The number of rotatable bonds is 4. The van der Waals surface area contributed by atoms with Crippen molar-refractivity contribution in [1.29, 1.82) is 0 Å². The van der Waals surface area contributed by atoms with E-state index in [4.69, 9.17) is 16.3 Å². The molecular formula is C17H18ClNO4S. The zero-order valence-electron chi connectivity index (χ0n) is 13.1. The van der Waals surface area contributed by atoms with E-state index in [0.29, 0.717) is 34.0 Å². The summed E-state index contributed by atoms with van der Waals surface area (Å²) in [5.41, 5.74) is 1.74. The number of hydrogen-bond donors (Lipinski definition) is 1. The number of methoxy groups -OCH3 is 1. The minimum absolute atomic E-state index is 0.119. The van der Waals surface area contributed by atoms with Crippen LogP contribution in [-0.4, -0.2) is 27.2 Å². The summed E-state index contributed by atoms with van der Waals surface area (Å²) < 4.78 is 32.2. The first-order valence-corrected chi connectivity index (χ1v) is 9.50. The van der Waals surface area contributed by atoms with Crippen molar-refractivity contribution < 1.29 is 18.3 Å². The Labute approximate surface area is 146 Å². The number of anilines is 1. The highest BCUT2D eigenvalue weighted by Gasteiger charge is 2.31. The van der Waals surface area contributed by atoms with Crippen LogP contribution in [0.1, 0.15) is 23.7 Å². The Morgan fingerprint density at radius 1 is 1.25 bits per heavy atom. The Hall–Kier alpha value is -1.76. The molecule has 0 aromatic heterocycles. The summed E-state index contributed by atoms with van der Waals surface area (Å²) in [5.74, 6) is 0.468. The maximum Gasteiger partial charge on any atom is 0.239 e. The number of halogens is 1. The maximum absolute atomic E-state index is 12.8. The molecule has 0 saturated heterocycles. The molecule has 0 bridgehead atoms. The summed E-state index contributed by atoms with van der Waals surface area (Å²) in [6.07, 6.45) is -0.350. The van der Waals surface area contributed by atoms with E-state index in [1.165, 1.54) is 11.4 Å². The predicted molar refractivity (Wildman–Crippen MR) is 94.0 cm³/mol. The highest BCUT2D eigenvalue weighted by molar-refractivity contribution is 7.92. The predicted octanol–water partition coefficient (Wildman–Crippen LogP) is 3.12. The molecule has 1 aliphatic rings. The summed E-state index contributed by atoms with van der Waals surface area (Å²) in [6, 6.07) is 11.8. The molecule has 0 saturated carbocycles. The van der Waals surface area contributed by atoms with Crippen molar-refractivity contribution in [1.82, 2.24) is 0 Å². The minimum Gasteiger partial charge on any atom is -0.497 e. The maximum atomic E-state index is 12.8. The molecule has 0 fully saturated rings. The van der Waals surface area contributed by atoms with Gasteiger partial charge < -0.3 is 9.84 Å². The summed E-state index contributed by atoms with van der Waals surface area (Å²) in [6.45, 7) is 0.246. The van der Waals surface area contributed by atoms with E-state index in [2.05, 4.69) is 0 Å². The van der Waals surface area contributed by atoms with Crippen LogP contribution in [0.5, 0.6) is 5.75 Å². The fourth-order valence-corrected chi connectivity index (χ4v) is 4.57. The fourth-order valence-electron chi connectivity index (χ4n) is 2.83. The molecule has 3 rings (SSSR count). The second-order valence-corrected chi connectivity index (χ2v) is 8.01. The van der Waals surface area contributed by atoms with Gasteiger partial charge in [0.05, 0.1) is 24.7 Å². The van der Waals surface area contributed by atoms with E-state index in [-0.39, 0.29) is 12.3 Å². The lowest BCUT2D eigenvalue weighted by Gasteiger charge is -2.33. The largest absolute Gasteiger partial charge is 0.497 e. The Bertz CT molecular complexity index is 836. The average molecular weight is 368 g/mol. The molecule has 0 aliphatic carbocycles. The van der Waals surface area contributed by atoms with Gasteiger partial charge >= 0.3 is 0 Å². The second-order valence-electron chi connectivity index (χ2n) is 5.68. The van der Waals surface area contributed by atoms with Gasteiger partial charge in [0.1, 0.15) is 5.75 Å². The monoisotopic (exact) mass is 367 g/mol. The zero-order chi connectivity index (χ0) is 17.3. The van der Waals surface area contributed by atoms with Gasteiger partial charge in [-0.1, -0.05) is 23.7 Å². The molecule has 5 nitrogen and oxygen atoms in total. The van der Waals surface area contributed by atoms with Crippen molar-refractivity contribution in [2.75, 3.05) is 18.0 Å². The van der Waals surface area contributed by atoms with E-state index >= 15 is 0 Å². The third kappa shape index (κ3) is 3.36. The van der Waals surface area contributed by atoms with Crippen LogP contribution in [0.4, 0.5) is 5.69 Å². The molecule has 1 aliphatic heterocycles. The van der Waals surface area contributed by atoms with Crippen molar-refractivity contribution in [3.63, 3.8) is 0 Å². The minimum atomic E-state index is -3.57. The van der Waals surface area contributed by atoms with E-state index in [9.17, 15) is 13.5 Å². The molecule has 128 valence electrons. The van der Waals surface area contributed by atoms with Crippen molar-refractivity contribution in [3.05, 3.63) is 58.6 Å². The van der Waals surface area contributed by atoms with E-state index in [1.807, 2.05) is 0 Å². The molecule has 1 N–H and O–H groups in total. The van der Waals surface area contributed by atoms with Gasteiger partial charge in [-0.25, -0.2) is 8.42 Å². The highest BCUT2D eigenvalue weighted by Crippen LogP contribution is 2.38. The van der Waals surface area contributed by atoms with Crippen LogP contribution < -0.4 is 9.04 Å². The molecule has 0 radical (unpaired) electrons. The quantitative estimate of drug-likeness (QED) is 0.901. The Kier molecular flexibility index (Phi) is 4.71. The first-order valence-electron chi connectivity index (χ1n) is 7.51. The molecular weight excluding hydrogens is 350 g/mol. The third-order valence-electron chi connectivity index (χ3n) is 4.07. The van der Waals surface area contributed by atoms with E-state index in [1.54, 1.807) is 42.5 Å². The molecule has 0 amide bonds. The second kappa shape index (κ2) is 6.63. The summed E-state index contributed by atoms with van der Waals surface area (Å²) in [7, 11) is -2.03. The lowest BCUT2D eigenvalue weighted by Crippen LogP contribution is -2.37. The first kappa shape index (κ1) is 17.1. The third-order valence-corrected chi connectivity index (χ3v) is 6.07. The molecule has 1 unspecified atom stereocenters. The van der Waals surface area contributed by atoms with Crippen LogP contribution in [0.25, 0.3) is 0 Å². The van der Waals surface area contributed by atoms with Crippen LogP contribution in [-0.2, 0) is 15.8 Å². The average Bonchev–Trinajstić information content (AvgIpc) is 2.56. The molecule has 0 spiro atoms. The fraction of sp³-hybridized carbons (Fsp3) is 0.294. The van der Waals surface area contributed by atoms with Gasteiger partial charge in [-0.3, -0.25) is 4.31 Å². The standard InChI is InChI=1S/C17H18ClNO4S/c1-23-14-6-7-16-15(10-14)17(20)8-9-19(16)24(21,22)11-12-2-4-13(18)5-3-12/h2-7,10,17,20H,8-9,11H2,1H3. The lowest BCUT2D eigenvalue weighted by molar-refractivity contribution is 0.166. The van der Waals surface area contributed by atoms with Crippen LogP contribution in [0.2, 0.25) is 5.02 Å². The van der Waals surface area contributed by atoms with Crippen molar-refractivity contribution in [3.8, 4) is 5.75 Å². The van der Waals surface area contributed by atoms with Gasteiger partial charge in [-0.15, -0.1) is 0 Å². The first-order chi connectivity index (χ1) is 11.4. The van der Waals surface area contributed by atoms with Crippen molar-refractivity contribution >= 4 is 27.3 Å². The van der Waals surface area contributed by atoms with Gasteiger partial charge in [-0.05, 0) is 42.3 Å². The van der Waals surface area contributed by atoms with E-state index < -0.39 is 16.1 Å². The van der Waals surface area contributed by atoms with Crippen molar-refractivity contribution in [2.24, 2.45) is 0 Å². The Balaban J connectivity index is 1.94. The number of ether oxygens (including phenoxy) is 1. The number of aliphatic hydroxyl groups is 1. The number of nitrogens with zero attached hydrogens (tertiary/aromatic N) is 1. The SMILES string of the molecule is COc1ccc2c(c1)C(O)CCN2S(=O)(=O)Cc1ccc(Cl)cc1. The lowest BCUT2D eigenvalue weighted by atomic mass is 10.0.